The molecule has 2 unspecified atom stereocenters. The molecule has 0 saturated carbocycles. The first-order chi connectivity index (χ1) is 12.0. The molecule has 0 bridgehead atoms. The first kappa shape index (κ1) is 19.5. The molecular weight excluding hydrogens is 377 g/mol. The van der Waals surface area contributed by atoms with Crippen molar-refractivity contribution in [1.82, 2.24) is 15.5 Å². The van der Waals surface area contributed by atoms with Crippen LogP contribution in [0.25, 0.3) is 0 Å². The van der Waals surface area contributed by atoms with Crippen LogP contribution in [0.4, 0.5) is 18.0 Å². The number of alkyl halides is 3. The second-order valence-electron chi connectivity index (χ2n) is 5.55. The van der Waals surface area contributed by atoms with Crippen LogP contribution >= 0.6 is 11.6 Å². The number of urea groups is 1. The largest absolute Gasteiger partial charge is 0.471 e. The van der Waals surface area contributed by atoms with Gasteiger partial charge in [0.2, 0.25) is 0 Å². The van der Waals surface area contributed by atoms with Crippen molar-refractivity contribution in [3.05, 3.63) is 33.8 Å². The molecule has 26 heavy (non-hydrogen) atoms. The van der Waals surface area contributed by atoms with Gasteiger partial charge in [-0.15, -0.1) is 0 Å². The summed E-state index contributed by atoms with van der Waals surface area (Å²) < 4.78 is 38.2. The maximum atomic E-state index is 12.7. The zero-order chi connectivity index (χ0) is 19.8. The number of rotatable bonds is 3. The molecule has 2 N–H and O–H groups in total. The number of halogens is 4. The highest BCUT2D eigenvalue weighted by Crippen LogP contribution is 2.32. The number of imide groups is 1. The molecule has 138 valence electrons. The Balaban J connectivity index is 2.57. The van der Waals surface area contributed by atoms with Crippen molar-refractivity contribution in [1.29, 1.82) is 5.26 Å². The molecule has 1 aliphatic heterocycles. The Morgan fingerprint density at radius 3 is 2.50 bits per heavy atom. The lowest BCUT2D eigenvalue weighted by Gasteiger charge is -2.29. The van der Waals surface area contributed by atoms with E-state index in [1.807, 2.05) is 11.4 Å². The number of nitrogens with zero attached hydrogens (tertiary/aromatic N) is 2. The molecule has 0 radical (unpaired) electrons. The van der Waals surface area contributed by atoms with Gasteiger partial charge < -0.3 is 10.2 Å². The lowest BCUT2D eigenvalue weighted by Crippen LogP contribution is -2.49. The van der Waals surface area contributed by atoms with Gasteiger partial charge >= 0.3 is 18.1 Å². The molecule has 1 aromatic carbocycles. The van der Waals surface area contributed by atoms with E-state index in [4.69, 9.17) is 16.9 Å². The quantitative estimate of drug-likeness (QED) is 0.770. The fraction of sp³-hybridized carbons (Fsp3) is 0.333. The fourth-order valence-corrected chi connectivity index (χ4v) is 2.83. The third-order valence-electron chi connectivity index (χ3n) is 3.98. The Kier molecular flexibility index (Phi) is 5.13. The molecule has 0 spiro atoms. The number of hydrogen-bond acceptors (Lipinski definition) is 4. The summed E-state index contributed by atoms with van der Waals surface area (Å²) in [6, 6.07) is 0.599. The molecule has 1 saturated heterocycles. The molecule has 1 fully saturated rings. The molecule has 2 atom stereocenters. The summed E-state index contributed by atoms with van der Waals surface area (Å²) in [6.07, 6.45) is -5.19. The normalized spacial score (nSPS) is 18.3. The molecule has 1 heterocycles. The first-order valence-electron chi connectivity index (χ1n) is 7.13. The first-order valence-corrected chi connectivity index (χ1v) is 7.51. The smallest absolute Gasteiger partial charge is 0.339 e. The molecule has 1 aromatic rings. The summed E-state index contributed by atoms with van der Waals surface area (Å²) in [7, 11) is 1.21. The average Bonchev–Trinajstić information content (AvgIpc) is 2.80. The van der Waals surface area contributed by atoms with Gasteiger partial charge in [-0.3, -0.25) is 14.9 Å². The van der Waals surface area contributed by atoms with Gasteiger partial charge in [-0.2, -0.15) is 18.4 Å². The van der Waals surface area contributed by atoms with Gasteiger partial charge in [0.1, 0.15) is 12.1 Å². The van der Waals surface area contributed by atoms with Gasteiger partial charge in [-0.25, -0.2) is 4.79 Å². The van der Waals surface area contributed by atoms with E-state index in [-0.39, 0.29) is 21.7 Å². The minimum Gasteiger partial charge on any atom is -0.339 e. The summed E-state index contributed by atoms with van der Waals surface area (Å²) in [5.41, 5.74) is 0.362. The van der Waals surface area contributed by atoms with Crippen LogP contribution in [-0.4, -0.2) is 42.0 Å². The number of hydrogen-bond donors (Lipinski definition) is 2. The van der Waals surface area contributed by atoms with Crippen molar-refractivity contribution in [3.63, 3.8) is 0 Å². The average molecular weight is 389 g/mol. The zero-order valence-electron chi connectivity index (χ0n) is 13.4. The number of nitriles is 1. The van der Waals surface area contributed by atoms with Crippen molar-refractivity contribution in [3.8, 4) is 6.07 Å². The van der Waals surface area contributed by atoms with Crippen molar-refractivity contribution in [2.24, 2.45) is 0 Å². The Hall–Kier alpha value is -2.80. The van der Waals surface area contributed by atoms with E-state index in [9.17, 15) is 27.6 Å². The second kappa shape index (κ2) is 6.84. The molecule has 2 rings (SSSR count). The number of nitrogens with one attached hydrogen (secondary N) is 2. The summed E-state index contributed by atoms with van der Waals surface area (Å²) in [5.74, 6) is -3.15. The van der Waals surface area contributed by atoms with Crippen LogP contribution in [0.2, 0.25) is 5.02 Å². The van der Waals surface area contributed by atoms with Gasteiger partial charge in [0.15, 0.2) is 0 Å². The SMILES string of the molecule is Cc1c(C(NC(=O)C(F)(F)F)C2C(=O)NC(=O)N2C)ccc(C#N)c1Cl. The summed E-state index contributed by atoms with van der Waals surface area (Å²) in [5, 5.41) is 12.7. The molecular formula is C15H12ClF3N4O3. The maximum Gasteiger partial charge on any atom is 0.471 e. The molecule has 11 heteroatoms. The van der Waals surface area contributed by atoms with Crippen molar-refractivity contribution in [2.45, 2.75) is 25.2 Å². The van der Waals surface area contributed by atoms with E-state index in [1.165, 1.54) is 26.1 Å². The Morgan fingerprint density at radius 2 is 2.04 bits per heavy atom. The minimum atomic E-state index is -5.19. The zero-order valence-corrected chi connectivity index (χ0v) is 14.2. The van der Waals surface area contributed by atoms with Crippen molar-refractivity contribution >= 4 is 29.4 Å². The maximum absolute atomic E-state index is 12.7. The van der Waals surface area contributed by atoms with Crippen LogP contribution in [0.1, 0.15) is 22.7 Å². The van der Waals surface area contributed by atoms with Crippen LogP contribution in [0, 0.1) is 18.3 Å². The van der Waals surface area contributed by atoms with Crippen LogP contribution in [0.5, 0.6) is 0 Å². The van der Waals surface area contributed by atoms with Crippen LogP contribution < -0.4 is 10.6 Å². The predicted molar refractivity (Wildman–Crippen MR) is 82.9 cm³/mol. The van der Waals surface area contributed by atoms with E-state index < -0.39 is 36.1 Å². The molecule has 0 aromatic heterocycles. The van der Waals surface area contributed by atoms with Crippen LogP contribution in [0.15, 0.2) is 12.1 Å². The predicted octanol–water partition coefficient (Wildman–Crippen LogP) is 1.79. The van der Waals surface area contributed by atoms with Crippen LogP contribution in [0.3, 0.4) is 0 Å². The number of likely N-dealkylation sites (N-methyl/N-ethyl adjacent to an activating group) is 1. The Labute approximate surface area is 150 Å². The molecule has 1 aliphatic rings. The lowest BCUT2D eigenvalue weighted by atomic mass is 9.93. The van der Waals surface area contributed by atoms with Crippen molar-refractivity contribution < 1.29 is 27.6 Å². The molecule has 0 aliphatic carbocycles. The van der Waals surface area contributed by atoms with E-state index in [1.54, 1.807) is 5.32 Å². The van der Waals surface area contributed by atoms with Crippen LogP contribution in [-0.2, 0) is 9.59 Å². The molecule has 4 amide bonds. The summed E-state index contributed by atoms with van der Waals surface area (Å²) >= 11 is 6.04. The Morgan fingerprint density at radius 1 is 1.42 bits per heavy atom. The third kappa shape index (κ3) is 3.43. The lowest BCUT2D eigenvalue weighted by molar-refractivity contribution is -0.174. The summed E-state index contributed by atoms with van der Waals surface area (Å²) in [6.45, 7) is 1.43. The van der Waals surface area contributed by atoms with Gasteiger partial charge in [0.25, 0.3) is 5.91 Å². The number of carbonyl (C=O) groups is 3. The minimum absolute atomic E-state index is 0.0244. The second-order valence-corrected chi connectivity index (χ2v) is 5.93. The summed E-state index contributed by atoms with van der Waals surface area (Å²) in [4.78, 5) is 36.1. The van der Waals surface area contributed by atoms with Gasteiger partial charge in [0.05, 0.1) is 16.6 Å². The highest BCUT2D eigenvalue weighted by molar-refractivity contribution is 6.32. The van der Waals surface area contributed by atoms with Crippen molar-refractivity contribution in [2.75, 3.05) is 7.05 Å². The number of amides is 4. The van der Waals surface area contributed by atoms with E-state index in [2.05, 4.69) is 0 Å². The standard InChI is InChI=1S/C15H12ClF3N4O3/c1-6-8(4-3-7(5-20)9(6)16)10(21-13(25)15(17,18)19)11-12(24)22-14(26)23(11)2/h3-4,10-11H,1-2H3,(H,21,25)(H,22,24,26). The van der Waals surface area contributed by atoms with Gasteiger partial charge in [-0.05, 0) is 24.1 Å². The van der Waals surface area contributed by atoms with Gasteiger partial charge in [-0.1, -0.05) is 17.7 Å². The monoisotopic (exact) mass is 388 g/mol. The van der Waals surface area contributed by atoms with E-state index in [0.717, 1.165) is 4.90 Å². The highest BCUT2D eigenvalue weighted by Gasteiger charge is 2.47. The number of benzene rings is 1. The molecule has 7 nitrogen and oxygen atoms in total. The van der Waals surface area contributed by atoms with E-state index >= 15 is 0 Å². The third-order valence-corrected chi connectivity index (χ3v) is 4.47. The van der Waals surface area contributed by atoms with Gasteiger partial charge in [0, 0.05) is 7.05 Å². The Bertz CT molecular complexity index is 835. The topological polar surface area (TPSA) is 102 Å². The number of carbonyl (C=O) groups excluding carboxylic acids is 3. The van der Waals surface area contributed by atoms with E-state index in [0.29, 0.717) is 0 Å². The fourth-order valence-electron chi connectivity index (χ4n) is 2.62. The highest BCUT2D eigenvalue weighted by atomic mass is 35.5.